The fourth-order valence-electron chi connectivity index (χ4n) is 1.37. The molecule has 16 heavy (non-hydrogen) atoms. The van der Waals surface area contributed by atoms with Crippen LogP contribution in [0.1, 0.15) is 32.4 Å². The molecule has 0 spiro atoms. The maximum Gasteiger partial charge on any atom is 0.165 e. The summed E-state index contributed by atoms with van der Waals surface area (Å²) in [6, 6.07) is 4.62. The van der Waals surface area contributed by atoms with Crippen LogP contribution in [0.3, 0.4) is 0 Å². The SMILES string of the molecule is COc1cc([C@@H](N)C(C)(C)C)ccc1F.Cl. The maximum atomic E-state index is 13.2. The molecule has 1 rings (SSSR count). The van der Waals surface area contributed by atoms with Crippen molar-refractivity contribution in [2.24, 2.45) is 11.1 Å². The smallest absolute Gasteiger partial charge is 0.165 e. The Labute approximate surface area is 102 Å². The number of benzene rings is 1. The molecule has 4 heteroatoms. The largest absolute Gasteiger partial charge is 0.494 e. The molecule has 1 aromatic carbocycles. The van der Waals surface area contributed by atoms with Gasteiger partial charge in [-0.3, -0.25) is 0 Å². The van der Waals surface area contributed by atoms with Crippen molar-refractivity contribution in [1.29, 1.82) is 0 Å². The minimum Gasteiger partial charge on any atom is -0.494 e. The van der Waals surface area contributed by atoms with E-state index in [1.807, 2.05) is 20.8 Å². The highest BCUT2D eigenvalue weighted by Crippen LogP contribution is 2.32. The highest BCUT2D eigenvalue weighted by atomic mass is 35.5. The lowest BCUT2D eigenvalue weighted by atomic mass is 9.83. The van der Waals surface area contributed by atoms with E-state index in [9.17, 15) is 4.39 Å². The fourth-order valence-corrected chi connectivity index (χ4v) is 1.37. The van der Waals surface area contributed by atoms with Gasteiger partial charge in [0, 0.05) is 6.04 Å². The van der Waals surface area contributed by atoms with E-state index in [1.54, 1.807) is 12.1 Å². The summed E-state index contributed by atoms with van der Waals surface area (Å²) in [4.78, 5) is 0. The van der Waals surface area contributed by atoms with Gasteiger partial charge < -0.3 is 10.5 Å². The Hall–Kier alpha value is -0.800. The first-order valence-electron chi connectivity index (χ1n) is 4.95. The van der Waals surface area contributed by atoms with Gasteiger partial charge in [-0.25, -0.2) is 4.39 Å². The molecule has 0 aliphatic heterocycles. The molecule has 1 aromatic rings. The van der Waals surface area contributed by atoms with Gasteiger partial charge in [-0.05, 0) is 23.1 Å². The highest BCUT2D eigenvalue weighted by Gasteiger charge is 2.23. The third-order valence-corrected chi connectivity index (χ3v) is 2.47. The first-order chi connectivity index (χ1) is 6.86. The molecule has 2 nitrogen and oxygen atoms in total. The molecule has 0 bridgehead atoms. The van der Waals surface area contributed by atoms with Gasteiger partial charge in [0.15, 0.2) is 11.6 Å². The lowest BCUT2D eigenvalue weighted by molar-refractivity contribution is 0.324. The predicted molar refractivity (Wildman–Crippen MR) is 66.6 cm³/mol. The molecule has 0 saturated carbocycles. The molecule has 0 aliphatic carbocycles. The van der Waals surface area contributed by atoms with Crippen molar-refractivity contribution < 1.29 is 9.13 Å². The first kappa shape index (κ1) is 15.2. The zero-order valence-electron chi connectivity index (χ0n) is 10.1. The quantitative estimate of drug-likeness (QED) is 0.870. The van der Waals surface area contributed by atoms with Gasteiger partial charge in [0.25, 0.3) is 0 Å². The summed E-state index contributed by atoms with van der Waals surface area (Å²) in [5.74, 6) is -0.116. The molecule has 0 aliphatic rings. The third-order valence-electron chi connectivity index (χ3n) is 2.47. The van der Waals surface area contributed by atoms with Gasteiger partial charge in [-0.1, -0.05) is 26.8 Å². The summed E-state index contributed by atoms with van der Waals surface area (Å²) in [6.45, 7) is 6.15. The van der Waals surface area contributed by atoms with Crippen molar-refractivity contribution in [1.82, 2.24) is 0 Å². The van der Waals surface area contributed by atoms with E-state index in [2.05, 4.69) is 0 Å². The predicted octanol–water partition coefficient (Wildman–Crippen LogP) is 3.30. The number of ether oxygens (including phenoxy) is 1. The Kier molecular flexibility index (Phi) is 5.23. The minimum atomic E-state index is -0.359. The van der Waals surface area contributed by atoms with Crippen LogP contribution in [-0.2, 0) is 0 Å². The number of methoxy groups -OCH3 is 1. The number of hydrogen-bond donors (Lipinski definition) is 1. The summed E-state index contributed by atoms with van der Waals surface area (Å²) in [5, 5.41) is 0. The molecule has 0 saturated heterocycles. The van der Waals surface area contributed by atoms with E-state index in [4.69, 9.17) is 10.5 Å². The molecule has 0 amide bonds. The number of rotatable bonds is 2. The van der Waals surface area contributed by atoms with Crippen LogP contribution in [0.25, 0.3) is 0 Å². The van der Waals surface area contributed by atoms with Crippen LogP contribution in [0.2, 0.25) is 0 Å². The Morgan fingerprint density at radius 2 is 1.88 bits per heavy atom. The average molecular weight is 248 g/mol. The van der Waals surface area contributed by atoms with E-state index in [0.717, 1.165) is 5.56 Å². The van der Waals surface area contributed by atoms with Gasteiger partial charge in [-0.15, -0.1) is 12.4 Å². The Balaban J connectivity index is 0.00000225. The van der Waals surface area contributed by atoms with Crippen LogP contribution >= 0.6 is 12.4 Å². The Morgan fingerprint density at radius 1 is 1.31 bits per heavy atom. The van der Waals surface area contributed by atoms with E-state index >= 15 is 0 Å². The molecular weight excluding hydrogens is 229 g/mol. The van der Waals surface area contributed by atoms with Gasteiger partial charge in [-0.2, -0.15) is 0 Å². The fraction of sp³-hybridized carbons (Fsp3) is 0.500. The molecule has 2 N–H and O–H groups in total. The van der Waals surface area contributed by atoms with Gasteiger partial charge in [0.2, 0.25) is 0 Å². The lowest BCUT2D eigenvalue weighted by Gasteiger charge is -2.27. The highest BCUT2D eigenvalue weighted by molar-refractivity contribution is 5.85. The number of hydrogen-bond acceptors (Lipinski definition) is 2. The monoisotopic (exact) mass is 247 g/mol. The summed E-state index contributed by atoms with van der Waals surface area (Å²) >= 11 is 0. The van der Waals surface area contributed by atoms with E-state index in [0.29, 0.717) is 0 Å². The topological polar surface area (TPSA) is 35.2 Å². The lowest BCUT2D eigenvalue weighted by Crippen LogP contribution is -2.26. The van der Waals surface area contributed by atoms with Gasteiger partial charge >= 0.3 is 0 Å². The van der Waals surface area contributed by atoms with Crippen molar-refractivity contribution in [2.45, 2.75) is 26.8 Å². The second-order valence-electron chi connectivity index (χ2n) is 4.74. The second kappa shape index (κ2) is 5.51. The third kappa shape index (κ3) is 3.35. The second-order valence-corrected chi connectivity index (χ2v) is 4.74. The van der Waals surface area contributed by atoms with Crippen LogP contribution in [0.15, 0.2) is 18.2 Å². The van der Waals surface area contributed by atoms with Crippen LogP contribution in [0.5, 0.6) is 5.75 Å². The van der Waals surface area contributed by atoms with Crippen molar-refractivity contribution in [3.8, 4) is 5.75 Å². The van der Waals surface area contributed by atoms with Crippen LogP contribution in [-0.4, -0.2) is 7.11 Å². The number of nitrogens with two attached hydrogens (primary N) is 1. The Morgan fingerprint density at radius 3 is 2.31 bits per heavy atom. The van der Waals surface area contributed by atoms with Crippen LogP contribution in [0.4, 0.5) is 4.39 Å². The standard InChI is InChI=1S/C12H18FNO.ClH/c1-12(2,3)11(14)8-5-6-9(13)10(7-8)15-4;/h5-7,11H,14H2,1-4H3;1H/t11-;/m1./s1. The summed E-state index contributed by atoms with van der Waals surface area (Å²) in [7, 11) is 1.45. The molecular formula is C12H19ClFNO. The van der Waals surface area contributed by atoms with Crippen molar-refractivity contribution in [3.63, 3.8) is 0 Å². The van der Waals surface area contributed by atoms with Crippen molar-refractivity contribution >= 4 is 12.4 Å². The van der Waals surface area contributed by atoms with E-state index in [-0.39, 0.29) is 35.4 Å². The van der Waals surface area contributed by atoms with Gasteiger partial charge in [0.1, 0.15) is 0 Å². The van der Waals surface area contributed by atoms with Crippen molar-refractivity contribution in [3.05, 3.63) is 29.6 Å². The molecule has 0 radical (unpaired) electrons. The summed E-state index contributed by atoms with van der Waals surface area (Å²) in [6.07, 6.45) is 0. The van der Waals surface area contributed by atoms with Crippen LogP contribution in [0, 0.1) is 11.2 Å². The summed E-state index contributed by atoms with van der Waals surface area (Å²) in [5.41, 5.74) is 6.90. The zero-order valence-corrected chi connectivity index (χ0v) is 10.9. The van der Waals surface area contributed by atoms with Crippen LogP contribution < -0.4 is 10.5 Å². The van der Waals surface area contributed by atoms with Gasteiger partial charge in [0.05, 0.1) is 7.11 Å². The van der Waals surface area contributed by atoms with E-state index in [1.165, 1.54) is 13.2 Å². The van der Waals surface area contributed by atoms with Crippen molar-refractivity contribution in [2.75, 3.05) is 7.11 Å². The average Bonchev–Trinajstić information content (AvgIpc) is 2.16. The first-order valence-corrected chi connectivity index (χ1v) is 4.95. The molecule has 92 valence electrons. The minimum absolute atomic E-state index is 0. The molecule has 0 heterocycles. The summed E-state index contributed by atoms with van der Waals surface area (Å²) < 4.78 is 18.1. The molecule has 0 aromatic heterocycles. The molecule has 1 atom stereocenters. The number of halogens is 2. The normalized spacial score (nSPS) is 12.9. The Bertz CT molecular complexity index is 349. The zero-order chi connectivity index (χ0) is 11.6. The van der Waals surface area contributed by atoms with E-state index < -0.39 is 0 Å². The molecule has 0 unspecified atom stereocenters. The maximum absolute atomic E-state index is 13.2. The molecule has 0 fully saturated rings.